The summed E-state index contributed by atoms with van der Waals surface area (Å²) in [5.41, 5.74) is 1.62. The Morgan fingerprint density at radius 1 is 1.25 bits per heavy atom. The summed E-state index contributed by atoms with van der Waals surface area (Å²) in [5, 5.41) is 5.70. The number of benzene rings is 2. The number of halogens is 2. The molecule has 2 aromatic rings. The van der Waals surface area contributed by atoms with E-state index < -0.39 is 21.5 Å². The molecule has 1 aliphatic heterocycles. The van der Waals surface area contributed by atoms with Crippen LogP contribution in [0.4, 0.5) is 11.4 Å². The number of hydrogen-bond donors (Lipinski definition) is 2. The van der Waals surface area contributed by atoms with Crippen LogP contribution in [0.2, 0.25) is 10.0 Å². The number of ether oxygens (including phenoxy) is 1. The first-order valence-electron chi connectivity index (χ1n) is 8.20. The summed E-state index contributed by atoms with van der Waals surface area (Å²) in [4.78, 5) is 23.4. The molecule has 0 spiro atoms. The molecule has 28 heavy (non-hydrogen) atoms. The molecule has 2 amide bonds. The van der Waals surface area contributed by atoms with Gasteiger partial charge in [0.05, 0.1) is 21.4 Å². The van der Waals surface area contributed by atoms with Gasteiger partial charge in [-0.3, -0.25) is 9.59 Å². The topological polar surface area (TPSA) is 102 Å². The lowest BCUT2D eigenvalue weighted by molar-refractivity contribution is -0.118. The molecule has 3 rings (SSSR count). The molecule has 10 heteroatoms. The Balaban J connectivity index is 1.71. The third-order valence-electron chi connectivity index (χ3n) is 4.06. The van der Waals surface area contributed by atoms with Gasteiger partial charge in [-0.1, -0.05) is 23.2 Å². The van der Waals surface area contributed by atoms with Crippen molar-refractivity contribution in [2.75, 3.05) is 23.0 Å². The summed E-state index contributed by atoms with van der Waals surface area (Å²) < 4.78 is 30.5. The van der Waals surface area contributed by atoms with Crippen LogP contribution >= 0.6 is 23.2 Å². The molecule has 1 heterocycles. The van der Waals surface area contributed by atoms with E-state index in [1.54, 1.807) is 25.1 Å². The van der Waals surface area contributed by atoms with Gasteiger partial charge in [0, 0.05) is 23.2 Å². The summed E-state index contributed by atoms with van der Waals surface area (Å²) in [7, 11) is -3.85. The molecule has 0 fully saturated rings. The molecule has 0 atom stereocenters. The fourth-order valence-electron chi connectivity index (χ4n) is 2.64. The van der Waals surface area contributed by atoms with Gasteiger partial charge in [0.25, 0.3) is 5.91 Å². The molecular formula is C18H16Cl2N2O5S. The molecule has 0 saturated heterocycles. The molecule has 0 unspecified atom stereocenters. The second-order valence-electron chi connectivity index (χ2n) is 6.19. The highest BCUT2D eigenvalue weighted by molar-refractivity contribution is 7.91. The number of anilines is 2. The van der Waals surface area contributed by atoms with Crippen LogP contribution in [0.3, 0.4) is 0 Å². The minimum atomic E-state index is -3.85. The van der Waals surface area contributed by atoms with E-state index in [9.17, 15) is 18.0 Å². The largest absolute Gasteiger partial charge is 0.482 e. The number of amides is 2. The summed E-state index contributed by atoms with van der Waals surface area (Å²) in [6.07, 6.45) is -0.255. The maximum Gasteiger partial charge on any atom is 0.262 e. The number of sulfone groups is 1. The Morgan fingerprint density at radius 3 is 2.71 bits per heavy atom. The summed E-state index contributed by atoms with van der Waals surface area (Å²) in [6.45, 7) is 1.57. The predicted molar refractivity (Wildman–Crippen MR) is 107 cm³/mol. The lowest BCUT2D eigenvalue weighted by Gasteiger charge is -2.19. The number of fused-ring (bicyclic) bond motifs is 1. The van der Waals surface area contributed by atoms with Gasteiger partial charge in [0.1, 0.15) is 5.75 Å². The lowest BCUT2D eigenvalue weighted by atomic mass is 10.2. The van der Waals surface area contributed by atoms with E-state index in [0.717, 1.165) is 5.56 Å². The number of aryl methyl sites for hydroxylation is 1. The fraction of sp³-hybridized carbons (Fsp3) is 0.222. The van der Waals surface area contributed by atoms with E-state index in [1.165, 1.54) is 12.1 Å². The lowest BCUT2D eigenvalue weighted by Crippen LogP contribution is -2.25. The quantitative estimate of drug-likeness (QED) is 0.738. The molecule has 1 aliphatic rings. The first-order chi connectivity index (χ1) is 13.2. The highest BCUT2D eigenvalue weighted by Gasteiger charge is 2.25. The third kappa shape index (κ3) is 4.57. The normalized spacial score (nSPS) is 13.3. The molecule has 7 nitrogen and oxygen atoms in total. The summed E-state index contributed by atoms with van der Waals surface area (Å²) in [5.74, 6) is -1.03. The van der Waals surface area contributed by atoms with Gasteiger partial charge in [-0.2, -0.15) is 0 Å². The second-order valence-corrected chi connectivity index (χ2v) is 9.11. The molecular weight excluding hydrogens is 427 g/mol. The van der Waals surface area contributed by atoms with E-state index in [4.69, 9.17) is 27.9 Å². The second kappa shape index (κ2) is 7.98. The van der Waals surface area contributed by atoms with Crippen LogP contribution in [0.25, 0.3) is 0 Å². The molecule has 0 aliphatic carbocycles. The van der Waals surface area contributed by atoms with E-state index in [0.29, 0.717) is 16.4 Å². The molecule has 0 radical (unpaired) electrons. The maximum absolute atomic E-state index is 12.6. The van der Waals surface area contributed by atoms with Crippen molar-refractivity contribution in [2.24, 2.45) is 0 Å². The molecule has 2 N–H and O–H groups in total. The predicted octanol–water partition coefficient (Wildman–Crippen LogP) is 3.44. The van der Waals surface area contributed by atoms with Crippen LogP contribution in [0, 0.1) is 6.92 Å². The smallest absolute Gasteiger partial charge is 0.262 e. The molecule has 0 bridgehead atoms. The standard InChI is InChI=1S/C18H16Cl2N2O5S/c1-10-6-11(19)2-3-13(10)21-17(23)4-5-28(25,26)16-8-15-14(7-12(16)20)22-18(24)9-27-15/h2-3,6-8H,4-5,9H2,1H3,(H,21,23)(H,22,24). The highest BCUT2D eigenvalue weighted by Crippen LogP contribution is 2.36. The van der Waals surface area contributed by atoms with Crippen LogP contribution in [0.5, 0.6) is 5.75 Å². The van der Waals surface area contributed by atoms with Crippen LogP contribution in [0.1, 0.15) is 12.0 Å². The van der Waals surface area contributed by atoms with Crippen LogP contribution in [-0.2, 0) is 19.4 Å². The first-order valence-corrected chi connectivity index (χ1v) is 10.6. The molecule has 148 valence electrons. The monoisotopic (exact) mass is 442 g/mol. The van der Waals surface area contributed by atoms with Crippen molar-refractivity contribution in [3.8, 4) is 5.75 Å². The van der Waals surface area contributed by atoms with Crippen LogP contribution in [-0.4, -0.2) is 32.6 Å². The zero-order chi connectivity index (χ0) is 20.5. The molecule has 0 aromatic heterocycles. The average Bonchev–Trinajstić information content (AvgIpc) is 2.61. The van der Waals surface area contributed by atoms with E-state index in [2.05, 4.69) is 10.6 Å². The summed E-state index contributed by atoms with van der Waals surface area (Å²) in [6, 6.07) is 7.55. The number of rotatable bonds is 5. The van der Waals surface area contributed by atoms with Crippen LogP contribution < -0.4 is 15.4 Å². The van der Waals surface area contributed by atoms with Gasteiger partial charge in [-0.05, 0) is 36.8 Å². The van der Waals surface area contributed by atoms with E-state index >= 15 is 0 Å². The minimum Gasteiger partial charge on any atom is -0.482 e. The van der Waals surface area contributed by atoms with Gasteiger partial charge >= 0.3 is 0 Å². The van der Waals surface area contributed by atoms with Crippen molar-refractivity contribution < 1.29 is 22.7 Å². The van der Waals surface area contributed by atoms with Gasteiger partial charge in [0.2, 0.25) is 5.91 Å². The van der Waals surface area contributed by atoms with E-state index in [-0.39, 0.29) is 34.6 Å². The number of hydrogen-bond acceptors (Lipinski definition) is 5. The van der Waals surface area contributed by atoms with Crippen molar-refractivity contribution in [1.82, 2.24) is 0 Å². The SMILES string of the molecule is Cc1cc(Cl)ccc1NC(=O)CCS(=O)(=O)c1cc2c(cc1Cl)NC(=O)CO2. The average molecular weight is 443 g/mol. The molecule has 0 saturated carbocycles. The van der Waals surface area contributed by atoms with Crippen molar-refractivity contribution in [3.63, 3.8) is 0 Å². The van der Waals surface area contributed by atoms with Crippen molar-refractivity contribution >= 4 is 56.2 Å². The Hall–Kier alpha value is -2.29. The van der Waals surface area contributed by atoms with Gasteiger partial charge in [0.15, 0.2) is 16.4 Å². The van der Waals surface area contributed by atoms with Crippen molar-refractivity contribution in [2.45, 2.75) is 18.2 Å². The fourth-order valence-corrected chi connectivity index (χ4v) is 4.70. The van der Waals surface area contributed by atoms with Crippen molar-refractivity contribution in [1.29, 1.82) is 0 Å². The highest BCUT2D eigenvalue weighted by atomic mass is 35.5. The van der Waals surface area contributed by atoms with Gasteiger partial charge < -0.3 is 15.4 Å². The van der Waals surface area contributed by atoms with E-state index in [1.807, 2.05) is 0 Å². The third-order valence-corrected chi connectivity index (χ3v) is 6.47. The van der Waals surface area contributed by atoms with Crippen molar-refractivity contribution in [3.05, 3.63) is 45.9 Å². The van der Waals surface area contributed by atoms with Crippen LogP contribution in [0.15, 0.2) is 35.2 Å². The summed E-state index contributed by atoms with van der Waals surface area (Å²) >= 11 is 12.0. The zero-order valence-electron chi connectivity index (χ0n) is 14.7. The van der Waals surface area contributed by atoms with Gasteiger partial charge in [-0.25, -0.2) is 8.42 Å². The number of nitrogens with one attached hydrogen (secondary N) is 2. The Bertz CT molecular complexity index is 1070. The Labute approximate surface area is 171 Å². The maximum atomic E-state index is 12.6. The Kier molecular flexibility index (Phi) is 5.83. The Morgan fingerprint density at radius 2 is 2.00 bits per heavy atom. The molecule has 2 aromatic carbocycles. The number of carbonyl (C=O) groups is 2. The number of carbonyl (C=O) groups excluding carboxylic acids is 2. The first kappa shape index (κ1) is 20.4. The zero-order valence-corrected chi connectivity index (χ0v) is 17.0. The van der Waals surface area contributed by atoms with Gasteiger partial charge in [-0.15, -0.1) is 0 Å². The minimum absolute atomic E-state index is 0.0569.